The highest BCUT2D eigenvalue weighted by Gasteiger charge is 2.28. The zero-order valence-electron chi connectivity index (χ0n) is 16.5. The number of carbonyl (C=O) groups excluding carboxylic acids is 1. The zero-order chi connectivity index (χ0) is 19.3. The van der Waals surface area contributed by atoms with E-state index in [4.69, 9.17) is 21.1 Å². The number of piperidine rings is 1. The number of nitrogens with one attached hydrogen (secondary N) is 1. The van der Waals surface area contributed by atoms with Gasteiger partial charge >= 0.3 is 0 Å². The van der Waals surface area contributed by atoms with Crippen LogP contribution in [0.2, 0.25) is 5.02 Å². The third kappa shape index (κ3) is 5.00. The number of rotatable bonds is 6. The fourth-order valence-corrected chi connectivity index (χ4v) is 4.87. The Morgan fingerprint density at radius 1 is 1.14 bits per heavy atom. The van der Waals surface area contributed by atoms with Gasteiger partial charge in [-0.25, -0.2) is 0 Å². The molecule has 0 bridgehead atoms. The van der Waals surface area contributed by atoms with E-state index in [0.717, 1.165) is 51.4 Å². The molecule has 6 heteroatoms. The first kappa shape index (κ1) is 20.0. The fraction of sp³-hybridized carbons (Fsp3) is 0.682. The summed E-state index contributed by atoms with van der Waals surface area (Å²) in [6, 6.07) is 6.10. The number of carbonyl (C=O) groups is 1. The van der Waals surface area contributed by atoms with Gasteiger partial charge in [-0.15, -0.1) is 0 Å². The lowest BCUT2D eigenvalue weighted by Gasteiger charge is -2.36. The number of likely N-dealkylation sites (tertiary alicyclic amines) is 1. The molecular weight excluding hydrogens is 376 g/mol. The molecule has 1 aliphatic carbocycles. The highest BCUT2D eigenvalue weighted by Crippen LogP contribution is 2.29. The molecule has 1 atom stereocenters. The van der Waals surface area contributed by atoms with E-state index in [1.54, 1.807) is 12.1 Å². The normalized spacial score (nSPS) is 24.5. The summed E-state index contributed by atoms with van der Waals surface area (Å²) in [6.45, 7) is 3.49. The van der Waals surface area contributed by atoms with Crippen LogP contribution in [0.25, 0.3) is 0 Å². The Morgan fingerprint density at radius 2 is 1.93 bits per heavy atom. The molecule has 0 unspecified atom stereocenters. The van der Waals surface area contributed by atoms with Crippen LogP contribution in [0, 0.1) is 0 Å². The van der Waals surface area contributed by atoms with Gasteiger partial charge in [0.05, 0.1) is 11.7 Å². The smallest absolute Gasteiger partial charge is 0.255 e. The third-order valence-corrected chi connectivity index (χ3v) is 6.55. The first-order chi connectivity index (χ1) is 13.7. The first-order valence-electron chi connectivity index (χ1n) is 10.8. The lowest BCUT2D eigenvalue weighted by molar-refractivity contribution is 0.0741. The minimum atomic E-state index is -0.142. The minimum Gasteiger partial charge on any atom is -0.489 e. The summed E-state index contributed by atoms with van der Waals surface area (Å²) in [5.41, 5.74) is 0.517. The number of halogens is 1. The van der Waals surface area contributed by atoms with Crippen LogP contribution in [0.3, 0.4) is 0 Å². The molecule has 3 fully saturated rings. The van der Waals surface area contributed by atoms with Crippen molar-refractivity contribution in [2.75, 3.05) is 26.2 Å². The predicted molar refractivity (Wildman–Crippen MR) is 110 cm³/mol. The highest BCUT2D eigenvalue weighted by molar-refractivity contribution is 6.31. The van der Waals surface area contributed by atoms with Crippen molar-refractivity contribution in [2.45, 2.75) is 69.6 Å². The maximum absolute atomic E-state index is 12.7. The molecule has 0 aromatic heterocycles. The minimum absolute atomic E-state index is 0.118. The molecule has 0 radical (unpaired) electrons. The number of nitrogens with zero attached hydrogens (tertiary/aromatic N) is 1. The Kier molecular flexibility index (Phi) is 6.76. The summed E-state index contributed by atoms with van der Waals surface area (Å²) in [5.74, 6) is 0.491. The van der Waals surface area contributed by atoms with E-state index in [-0.39, 0.29) is 18.1 Å². The van der Waals surface area contributed by atoms with Crippen LogP contribution in [-0.4, -0.2) is 55.3 Å². The van der Waals surface area contributed by atoms with Crippen molar-refractivity contribution in [3.8, 4) is 5.75 Å². The second kappa shape index (κ2) is 9.47. The molecule has 1 saturated carbocycles. The van der Waals surface area contributed by atoms with Gasteiger partial charge in [0.25, 0.3) is 5.91 Å². The van der Waals surface area contributed by atoms with Gasteiger partial charge in [-0.05, 0) is 56.7 Å². The van der Waals surface area contributed by atoms with Gasteiger partial charge in [-0.3, -0.25) is 4.79 Å². The monoisotopic (exact) mass is 406 g/mol. The highest BCUT2D eigenvalue weighted by atomic mass is 35.5. The molecule has 28 heavy (non-hydrogen) atoms. The van der Waals surface area contributed by atoms with Gasteiger partial charge in [0.1, 0.15) is 11.9 Å². The predicted octanol–water partition coefficient (Wildman–Crippen LogP) is 4.03. The van der Waals surface area contributed by atoms with Gasteiger partial charge in [-0.2, -0.15) is 0 Å². The van der Waals surface area contributed by atoms with E-state index in [1.807, 2.05) is 6.07 Å². The van der Waals surface area contributed by atoms with E-state index in [1.165, 1.54) is 25.7 Å². The van der Waals surface area contributed by atoms with Gasteiger partial charge in [0.2, 0.25) is 0 Å². The van der Waals surface area contributed by atoms with E-state index in [0.29, 0.717) is 22.9 Å². The fourth-order valence-electron chi connectivity index (χ4n) is 4.70. The van der Waals surface area contributed by atoms with Crippen LogP contribution in [0.15, 0.2) is 18.2 Å². The van der Waals surface area contributed by atoms with Gasteiger partial charge in [0.15, 0.2) is 0 Å². The molecule has 1 aromatic carbocycles. The average molecular weight is 407 g/mol. The van der Waals surface area contributed by atoms with Gasteiger partial charge in [0, 0.05) is 37.3 Å². The van der Waals surface area contributed by atoms with Crippen LogP contribution in [0.4, 0.5) is 0 Å². The van der Waals surface area contributed by atoms with Gasteiger partial charge in [-0.1, -0.05) is 24.4 Å². The maximum atomic E-state index is 12.7. The number of hydrogen-bond acceptors (Lipinski definition) is 4. The van der Waals surface area contributed by atoms with E-state index in [2.05, 4.69) is 10.2 Å². The molecule has 4 rings (SSSR count). The molecule has 2 aliphatic heterocycles. The summed E-state index contributed by atoms with van der Waals surface area (Å²) in [4.78, 5) is 15.4. The quantitative estimate of drug-likeness (QED) is 0.774. The number of amides is 1. The Labute approximate surface area is 172 Å². The molecule has 3 aliphatic rings. The molecular formula is C22H31ClN2O3. The molecule has 5 nitrogen and oxygen atoms in total. The summed E-state index contributed by atoms with van der Waals surface area (Å²) in [5, 5.41) is 3.53. The molecule has 1 N–H and O–H groups in total. The van der Waals surface area contributed by atoms with Crippen LogP contribution in [0.1, 0.15) is 61.7 Å². The van der Waals surface area contributed by atoms with Crippen molar-refractivity contribution in [1.82, 2.24) is 10.2 Å². The largest absolute Gasteiger partial charge is 0.489 e. The van der Waals surface area contributed by atoms with Crippen LogP contribution < -0.4 is 10.1 Å². The Bertz CT molecular complexity index is 664. The van der Waals surface area contributed by atoms with Gasteiger partial charge < -0.3 is 19.7 Å². The molecule has 2 heterocycles. The second-order valence-corrected chi connectivity index (χ2v) is 8.71. The summed E-state index contributed by atoms with van der Waals surface area (Å²) in [6.07, 6.45) is 9.79. The van der Waals surface area contributed by atoms with Crippen molar-refractivity contribution in [3.63, 3.8) is 0 Å². The SMILES string of the molecule is O=C(NC[C@H]1CCCO1)c1cc(Cl)ccc1OC1CCN(C2CCCC2)CC1. The Morgan fingerprint density at radius 3 is 2.64 bits per heavy atom. The van der Waals surface area contributed by atoms with E-state index < -0.39 is 0 Å². The topological polar surface area (TPSA) is 50.8 Å². The molecule has 2 saturated heterocycles. The van der Waals surface area contributed by atoms with Crippen LogP contribution >= 0.6 is 11.6 Å². The second-order valence-electron chi connectivity index (χ2n) is 8.28. The number of ether oxygens (including phenoxy) is 2. The lowest BCUT2D eigenvalue weighted by Crippen LogP contribution is -2.43. The molecule has 154 valence electrons. The lowest BCUT2D eigenvalue weighted by atomic mass is 10.0. The van der Waals surface area contributed by atoms with Crippen LogP contribution in [0.5, 0.6) is 5.75 Å². The van der Waals surface area contributed by atoms with Crippen molar-refractivity contribution < 1.29 is 14.3 Å². The zero-order valence-corrected chi connectivity index (χ0v) is 17.3. The number of benzene rings is 1. The van der Waals surface area contributed by atoms with E-state index in [9.17, 15) is 4.79 Å². The standard InChI is InChI=1S/C22H31ClN2O3/c23-16-7-8-21(20(14-16)22(26)24-15-19-6-3-13-27-19)28-18-9-11-25(12-10-18)17-4-1-2-5-17/h7-8,14,17-19H,1-6,9-13,15H2,(H,24,26)/t19-/m1/s1. The van der Waals surface area contributed by atoms with Crippen molar-refractivity contribution in [2.24, 2.45) is 0 Å². The summed E-state index contributed by atoms with van der Waals surface area (Å²) < 4.78 is 11.9. The third-order valence-electron chi connectivity index (χ3n) is 6.31. The van der Waals surface area contributed by atoms with Crippen LogP contribution in [-0.2, 0) is 4.74 Å². The molecule has 1 aromatic rings. The average Bonchev–Trinajstić information content (AvgIpc) is 3.42. The van der Waals surface area contributed by atoms with Crippen molar-refractivity contribution in [3.05, 3.63) is 28.8 Å². The first-order valence-corrected chi connectivity index (χ1v) is 11.2. The molecule has 1 amide bonds. The maximum Gasteiger partial charge on any atom is 0.255 e. The summed E-state index contributed by atoms with van der Waals surface area (Å²) >= 11 is 6.16. The number of hydrogen-bond donors (Lipinski definition) is 1. The van der Waals surface area contributed by atoms with Crippen molar-refractivity contribution in [1.29, 1.82) is 0 Å². The Balaban J connectivity index is 1.34. The molecule has 0 spiro atoms. The van der Waals surface area contributed by atoms with E-state index >= 15 is 0 Å². The Hall–Kier alpha value is -1.30. The van der Waals surface area contributed by atoms with Crippen molar-refractivity contribution >= 4 is 17.5 Å². The summed E-state index contributed by atoms with van der Waals surface area (Å²) in [7, 11) is 0.